The molecule has 2 aliphatic rings. The molecule has 5 heteroatoms. The minimum absolute atomic E-state index is 0.0393. The van der Waals surface area contributed by atoms with Gasteiger partial charge < -0.3 is 5.32 Å². The van der Waals surface area contributed by atoms with Gasteiger partial charge in [-0.15, -0.1) is 11.8 Å². The predicted octanol–water partition coefficient (Wildman–Crippen LogP) is 2.00. The molecular formula is C14H16N2O2S. The van der Waals surface area contributed by atoms with Gasteiger partial charge in [-0.3, -0.25) is 9.59 Å². The third-order valence-electron chi connectivity index (χ3n) is 2.74. The Balaban J connectivity index is 2.03. The van der Waals surface area contributed by atoms with Crippen LogP contribution in [0.5, 0.6) is 0 Å². The van der Waals surface area contributed by atoms with Crippen molar-refractivity contribution in [2.75, 3.05) is 6.54 Å². The first-order valence-corrected chi connectivity index (χ1v) is 7.22. The molecule has 0 saturated heterocycles. The van der Waals surface area contributed by atoms with Crippen molar-refractivity contribution in [2.45, 2.75) is 25.0 Å². The van der Waals surface area contributed by atoms with Crippen LogP contribution in [0.2, 0.25) is 0 Å². The van der Waals surface area contributed by atoms with Crippen LogP contribution in [0.1, 0.15) is 19.8 Å². The second-order valence-electron chi connectivity index (χ2n) is 4.28. The number of aliphatic imine (C=N–C) groups is 1. The van der Waals surface area contributed by atoms with Gasteiger partial charge in [0.15, 0.2) is 0 Å². The van der Waals surface area contributed by atoms with E-state index in [1.54, 1.807) is 0 Å². The smallest absolute Gasteiger partial charge is 0.283 e. The third kappa shape index (κ3) is 3.67. The normalized spacial score (nSPS) is 23.2. The monoisotopic (exact) mass is 276 g/mol. The number of hydrogen-bond acceptors (Lipinski definition) is 3. The van der Waals surface area contributed by atoms with Crippen LogP contribution in [-0.2, 0) is 9.59 Å². The molecule has 0 fully saturated rings. The Labute approximate surface area is 116 Å². The van der Waals surface area contributed by atoms with Gasteiger partial charge in [0.05, 0.1) is 15.9 Å². The van der Waals surface area contributed by atoms with Gasteiger partial charge >= 0.3 is 0 Å². The van der Waals surface area contributed by atoms with E-state index in [9.17, 15) is 9.59 Å². The van der Waals surface area contributed by atoms with Crippen LogP contribution >= 0.6 is 11.8 Å². The molecule has 1 aliphatic carbocycles. The summed E-state index contributed by atoms with van der Waals surface area (Å²) in [6.45, 7) is 2.70. The Bertz CT molecular complexity index is 504. The van der Waals surface area contributed by atoms with Crippen LogP contribution in [0.25, 0.3) is 0 Å². The molecule has 0 aromatic carbocycles. The van der Waals surface area contributed by atoms with Crippen molar-refractivity contribution in [3.8, 4) is 0 Å². The van der Waals surface area contributed by atoms with E-state index in [4.69, 9.17) is 0 Å². The quantitative estimate of drug-likeness (QED) is 0.631. The number of nitrogens with zero attached hydrogens (tertiary/aromatic N) is 1. The van der Waals surface area contributed by atoms with E-state index in [2.05, 4.69) is 17.2 Å². The molecule has 1 atom stereocenters. The van der Waals surface area contributed by atoms with E-state index in [1.807, 2.05) is 24.3 Å². The second kappa shape index (κ2) is 6.52. The lowest BCUT2D eigenvalue weighted by atomic mass is 10.1. The first kappa shape index (κ1) is 13.8. The fourth-order valence-corrected chi connectivity index (χ4v) is 2.74. The highest BCUT2D eigenvalue weighted by atomic mass is 32.2. The topological polar surface area (TPSA) is 58.5 Å². The summed E-state index contributed by atoms with van der Waals surface area (Å²) in [5, 5.41) is 2.80. The SMILES string of the molecule is CCCCNC(=O)/C=C1\SC2C=CC=CC2=NC1=O. The Kier molecular flexibility index (Phi) is 4.74. The van der Waals surface area contributed by atoms with E-state index >= 15 is 0 Å². The first-order chi connectivity index (χ1) is 9.20. The zero-order valence-electron chi connectivity index (χ0n) is 10.8. The van der Waals surface area contributed by atoms with Gasteiger partial charge in [0, 0.05) is 12.6 Å². The lowest BCUT2D eigenvalue weighted by Crippen LogP contribution is -2.26. The fourth-order valence-electron chi connectivity index (χ4n) is 1.73. The molecule has 1 aliphatic heterocycles. The molecule has 2 amide bonds. The predicted molar refractivity (Wildman–Crippen MR) is 78.1 cm³/mol. The van der Waals surface area contributed by atoms with Crippen LogP contribution < -0.4 is 5.32 Å². The van der Waals surface area contributed by atoms with Crippen LogP contribution in [0, 0.1) is 0 Å². The number of allylic oxidation sites excluding steroid dienone is 3. The number of nitrogens with one attached hydrogen (secondary N) is 1. The summed E-state index contributed by atoms with van der Waals surface area (Å²) in [4.78, 5) is 27.9. The highest BCUT2D eigenvalue weighted by Crippen LogP contribution is 2.31. The van der Waals surface area contributed by atoms with E-state index in [0.29, 0.717) is 11.4 Å². The maximum absolute atomic E-state index is 11.8. The highest BCUT2D eigenvalue weighted by Gasteiger charge is 2.26. The Morgan fingerprint density at radius 3 is 3.16 bits per heavy atom. The summed E-state index contributed by atoms with van der Waals surface area (Å²) in [6.07, 6.45) is 10.9. The zero-order valence-corrected chi connectivity index (χ0v) is 11.6. The summed E-state index contributed by atoms with van der Waals surface area (Å²) < 4.78 is 0. The number of carbonyl (C=O) groups is 2. The van der Waals surface area contributed by atoms with Crippen molar-refractivity contribution in [3.63, 3.8) is 0 Å². The minimum atomic E-state index is -0.332. The van der Waals surface area contributed by atoms with Crippen molar-refractivity contribution < 1.29 is 9.59 Å². The Morgan fingerprint density at radius 1 is 1.53 bits per heavy atom. The van der Waals surface area contributed by atoms with Gasteiger partial charge in [-0.2, -0.15) is 0 Å². The average Bonchev–Trinajstić information content (AvgIpc) is 2.40. The number of unbranched alkanes of at least 4 members (excludes halogenated alkanes) is 1. The van der Waals surface area contributed by atoms with Crippen LogP contribution in [0.3, 0.4) is 0 Å². The molecule has 1 N–H and O–H groups in total. The summed E-state index contributed by atoms with van der Waals surface area (Å²) in [5.74, 6) is -0.555. The van der Waals surface area contributed by atoms with Crippen molar-refractivity contribution >= 4 is 29.3 Å². The van der Waals surface area contributed by atoms with Crippen molar-refractivity contribution in [1.82, 2.24) is 5.32 Å². The van der Waals surface area contributed by atoms with E-state index < -0.39 is 0 Å². The molecule has 2 rings (SSSR count). The van der Waals surface area contributed by atoms with Gasteiger partial charge in [0.1, 0.15) is 0 Å². The largest absolute Gasteiger partial charge is 0.353 e. The van der Waals surface area contributed by atoms with Crippen molar-refractivity contribution in [3.05, 3.63) is 35.3 Å². The van der Waals surface area contributed by atoms with Crippen molar-refractivity contribution in [1.29, 1.82) is 0 Å². The summed E-state index contributed by atoms with van der Waals surface area (Å²) >= 11 is 1.37. The van der Waals surface area contributed by atoms with Gasteiger partial charge in [-0.1, -0.05) is 31.6 Å². The molecule has 1 unspecified atom stereocenters. The fraction of sp³-hybridized carbons (Fsp3) is 0.357. The summed E-state index contributed by atoms with van der Waals surface area (Å²) in [7, 11) is 0. The first-order valence-electron chi connectivity index (χ1n) is 6.34. The summed E-state index contributed by atoms with van der Waals surface area (Å²) in [5.41, 5.74) is 0.751. The molecule has 0 spiro atoms. The molecule has 0 radical (unpaired) electrons. The maximum Gasteiger partial charge on any atom is 0.283 e. The minimum Gasteiger partial charge on any atom is -0.353 e. The number of amides is 2. The van der Waals surface area contributed by atoms with Crippen LogP contribution in [0.15, 0.2) is 40.3 Å². The van der Waals surface area contributed by atoms with E-state index in [0.717, 1.165) is 18.6 Å². The van der Waals surface area contributed by atoms with Gasteiger partial charge in [0.25, 0.3) is 5.91 Å². The van der Waals surface area contributed by atoms with Gasteiger partial charge in [-0.05, 0) is 12.5 Å². The standard InChI is InChI=1S/C14H16N2O2S/c1-2-3-8-15-13(17)9-12-14(18)16-10-6-4-5-7-11(10)19-12/h4-7,9,11H,2-3,8H2,1H3,(H,15,17)/b12-9-. The molecule has 0 bridgehead atoms. The maximum atomic E-state index is 11.8. The molecule has 0 aromatic rings. The molecule has 19 heavy (non-hydrogen) atoms. The molecule has 1 heterocycles. The molecule has 0 aromatic heterocycles. The van der Waals surface area contributed by atoms with Gasteiger partial charge in [-0.25, -0.2) is 4.99 Å². The lowest BCUT2D eigenvalue weighted by Gasteiger charge is -2.20. The molecular weight excluding hydrogens is 260 g/mol. The van der Waals surface area contributed by atoms with Crippen LogP contribution in [-0.4, -0.2) is 29.3 Å². The number of thioether (sulfide) groups is 1. The van der Waals surface area contributed by atoms with Gasteiger partial charge in [0.2, 0.25) is 5.91 Å². The number of hydrogen-bond donors (Lipinski definition) is 1. The van der Waals surface area contributed by atoms with E-state index in [-0.39, 0.29) is 17.1 Å². The second-order valence-corrected chi connectivity index (χ2v) is 5.46. The Morgan fingerprint density at radius 2 is 2.37 bits per heavy atom. The van der Waals surface area contributed by atoms with Crippen molar-refractivity contribution in [2.24, 2.45) is 4.99 Å². The number of carbonyl (C=O) groups excluding carboxylic acids is 2. The Hall–Kier alpha value is -1.62. The third-order valence-corrected chi connectivity index (χ3v) is 3.94. The highest BCUT2D eigenvalue weighted by molar-refractivity contribution is 8.05. The molecule has 0 saturated carbocycles. The lowest BCUT2D eigenvalue weighted by molar-refractivity contribution is -0.117. The average molecular weight is 276 g/mol. The van der Waals surface area contributed by atoms with Crippen LogP contribution in [0.4, 0.5) is 0 Å². The zero-order chi connectivity index (χ0) is 13.7. The number of fused-ring (bicyclic) bond motifs is 1. The summed E-state index contributed by atoms with van der Waals surface area (Å²) in [6, 6.07) is 0. The van der Waals surface area contributed by atoms with E-state index in [1.165, 1.54) is 17.8 Å². The number of rotatable bonds is 4. The molecule has 100 valence electrons. The molecule has 4 nitrogen and oxygen atoms in total.